The molecular weight excluding hydrogens is 264 g/mol. The molecule has 0 bridgehead atoms. The van der Waals surface area contributed by atoms with E-state index in [2.05, 4.69) is 37.1 Å². The molecule has 0 aliphatic rings. The molecule has 1 aromatic heterocycles. The molecule has 0 radical (unpaired) electrons. The highest BCUT2D eigenvalue weighted by atomic mass is 16.5. The van der Waals surface area contributed by atoms with Crippen LogP contribution in [-0.2, 0) is 17.8 Å². The molecule has 0 saturated heterocycles. The van der Waals surface area contributed by atoms with Crippen LogP contribution in [-0.4, -0.2) is 37.7 Å². The van der Waals surface area contributed by atoms with Crippen LogP contribution in [0.15, 0.2) is 16.7 Å². The van der Waals surface area contributed by atoms with Crippen LogP contribution in [0, 0.1) is 0 Å². The number of furan rings is 1. The second-order valence-electron chi connectivity index (χ2n) is 5.48. The molecule has 4 heteroatoms. The van der Waals surface area contributed by atoms with Crippen molar-refractivity contribution in [3.05, 3.63) is 23.7 Å². The maximum Gasteiger partial charge on any atom is 0.122 e. The lowest BCUT2D eigenvalue weighted by Crippen LogP contribution is -2.36. The fraction of sp³-hybridized carbons (Fsp3) is 0.765. The summed E-state index contributed by atoms with van der Waals surface area (Å²) in [4.78, 5) is 2.51. The molecule has 0 amide bonds. The van der Waals surface area contributed by atoms with Gasteiger partial charge in [0.15, 0.2) is 0 Å². The Hall–Kier alpha value is -0.840. The van der Waals surface area contributed by atoms with E-state index in [0.717, 1.165) is 45.0 Å². The Morgan fingerprint density at radius 3 is 2.67 bits per heavy atom. The molecule has 0 aromatic carbocycles. The summed E-state index contributed by atoms with van der Waals surface area (Å²) in [5.74, 6) is 1.07. The zero-order chi connectivity index (χ0) is 15.5. The van der Waals surface area contributed by atoms with Gasteiger partial charge in [-0.15, -0.1) is 0 Å². The third kappa shape index (κ3) is 6.20. The number of methoxy groups -OCH3 is 1. The third-order valence-corrected chi connectivity index (χ3v) is 3.96. The SMILES string of the molecule is CCCNCc1occc1CN(CCOC)C(CC)CC. The van der Waals surface area contributed by atoms with E-state index in [1.54, 1.807) is 13.4 Å². The summed E-state index contributed by atoms with van der Waals surface area (Å²) in [6.07, 6.45) is 5.28. The molecular formula is C17H32N2O2. The Morgan fingerprint density at radius 2 is 2.05 bits per heavy atom. The van der Waals surface area contributed by atoms with Crippen LogP contribution < -0.4 is 5.32 Å². The van der Waals surface area contributed by atoms with Gasteiger partial charge in [0.05, 0.1) is 19.4 Å². The van der Waals surface area contributed by atoms with Gasteiger partial charge in [0.2, 0.25) is 0 Å². The average Bonchev–Trinajstić information content (AvgIpc) is 2.93. The third-order valence-electron chi connectivity index (χ3n) is 3.96. The summed E-state index contributed by atoms with van der Waals surface area (Å²) in [6.45, 7) is 11.2. The van der Waals surface area contributed by atoms with Gasteiger partial charge in [-0.3, -0.25) is 4.90 Å². The van der Waals surface area contributed by atoms with Crippen LogP contribution in [0.1, 0.15) is 51.4 Å². The summed E-state index contributed by atoms with van der Waals surface area (Å²) < 4.78 is 10.9. The van der Waals surface area contributed by atoms with Gasteiger partial charge < -0.3 is 14.5 Å². The van der Waals surface area contributed by atoms with E-state index < -0.39 is 0 Å². The normalized spacial score (nSPS) is 11.7. The number of nitrogens with zero attached hydrogens (tertiary/aromatic N) is 1. The molecule has 0 saturated carbocycles. The fourth-order valence-corrected chi connectivity index (χ4v) is 2.66. The van der Waals surface area contributed by atoms with Crippen molar-refractivity contribution in [3.63, 3.8) is 0 Å². The predicted octanol–water partition coefficient (Wildman–Crippen LogP) is 3.42. The van der Waals surface area contributed by atoms with Crippen molar-refractivity contribution in [1.82, 2.24) is 10.2 Å². The first-order valence-corrected chi connectivity index (χ1v) is 8.25. The van der Waals surface area contributed by atoms with Crippen molar-refractivity contribution in [2.45, 2.75) is 59.2 Å². The van der Waals surface area contributed by atoms with E-state index >= 15 is 0 Å². The van der Waals surface area contributed by atoms with E-state index in [0.29, 0.717) is 6.04 Å². The molecule has 0 unspecified atom stereocenters. The van der Waals surface area contributed by atoms with Gasteiger partial charge in [0.25, 0.3) is 0 Å². The predicted molar refractivity (Wildman–Crippen MR) is 87.4 cm³/mol. The Labute approximate surface area is 129 Å². The maximum absolute atomic E-state index is 5.64. The molecule has 1 rings (SSSR count). The monoisotopic (exact) mass is 296 g/mol. The molecule has 1 heterocycles. The smallest absolute Gasteiger partial charge is 0.122 e. The number of rotatable bonds is 12. The number of ether oxygens (including phenoxy) is 1. The number of hydrogen-bond donors (Lipinski definition) is 1. The molecule has 21 heavy (non-hydrogen) atoms. The molecule has 1 aromatic rings. The Morgan fingerprint density at radius 1 is 1.29 bits per heavy atom. The summed E-state index contributed by atoms with van der Waals surface area (Å²) in [5, 5.41) is 3.41. The Bertz CT molecular complexity index is 361. The Kier molecular flexibility index (Phi) is 9.39. The maximum atomic E-state index is 5.64. The highest BCUT2D eigenvalue weighted by Gasteiger charge is 2.17. The van der Waals surface area contributed by atoms with Gasteiger partial charge in [-0.1, -0.05) is 20.8 Å². The van der Waals surface area contributed by atoms with Crippen molar-refractivity contribution in [2.24, 2.45) is 0 Å². The van der Waals surface area contributed by atoms with Gasteiger partial charge in [0, 0.05) is 31.8 Å². The van der Waals surface area contributed by atoms with Crippen molar-refractivity contribution >= 4 is 0 Å². The largest absolute Gasteiger partial charge is 0.468 e. The summed E-state index contributed by atoms with van der Waals surface area (Å²) >= 11 is 0. The van der Waals surface area contributed by atoms with Crippen LogP contribution in [0.5, 0.6) is 0 Å². The van der Waals surface area contributed by atoms with Gasteiger partial charge in [-0.25, -0.2) is 0 Å². The summed E-state index contributed by atoms with van der Waals surface area (Å²) in [5.41, 5.74) is 1.29. The highest BCUT2D eigenvalue weighted by Crippen LogP contribution is 2.17. The first kappa shape index (κ1) is 18.2. The Balaban J connectivity index is 2.66. The second-order valence-corrected chi connectivity index (χ2v) is 5.48. The quantitative estimate of drug-likeness (QED) is 0.600. The van der Waals surface area contributed by atoms with Crippen LogP contribution in [0.3, 0.4) is 0 Å². The van der Waals surface area contributed by atoms with Crippen molar-refractivity contribution in [1.29, 1.82) is 0 Å². The second kappa shape index (κ2) is 10.8. The van der Waals surface area contributed by atoms with E-state index in [4.69, 9.17) is 9.15 Å². The van der Waals surface area contributed by atoms with Gasteiger partial charge in [-0.05, 0) is 31.9 Å². The van der Waals surface area contributed by atoms with E-state index in [-0.39, 0.29) is 0 Å². The fourth-order valence-electron chi connectivity index (χ4n) is 2.66. The van der Waals surface area contributed by atoms with E-state index in [1.165, 1.54) is 18.4 Å². The first-order chi connectivity index (χ1) is 10.3. The number of hydrogen-bond acceptors (Lipinski definition) is 4. The summed E-state index contributed by atoms with van der Waals surface area (Å²) in [7, 11) is 1.77. The van der Waals surface area contributed by atoms with Crippen LogP contribution in [0.2, 0.25) is 0 Å². The molecule has 0 aliphatic heterocycles. The van der Waals surface area contributed by atoms with Crippen LogP contribution >= 0.6 is 0 Å². The molecule has 1 N–H and O–H groups in total. The molecule has 0 aliphatic carbocycles. The van der Waals surface area contributed by atoms with Crippen molar-refractivity contribution < 1.29 is 9.15 Å². The minimum atomic E-state index is 0.603. The average molecular weight is 296 g/mol. The summed E-state index contributed by atoms with van der Waals surface area (Å²) in [6, 6.07) is 2.71. The van der Waals surface area contributed by atoms with E-state index in [9.17, 15) is 0 Å². The van der Waals surface area contributed by atoms with E-state index in [1.807, 2.05) is 0 Å². The molecule has 4 nitrogen and oxygen atoms in total. The topological polar surface area (TPSA) is 37.6 Å². The zero-order valence-corrected chi connectivity index (χ0v) is 14.2. The van der Waals surface area contributed by atoms with Crippen LogP contribution in [0.4, 0.5) is 0 Å². The van der Waals surface area contributed by atoms with Crippen LogP contribution in [0.25, 0.3) is 0 Å². The molecule has 0 atom stereocenters. The minimum absolute atomic E-state index is 0.603. The van der Waals surface area contributed by atoms with Gasteiger partial charge in [0.1, 0.15) is 5.76 Å². The lowest BCUT2D eigenvalue weighted by atomic mass is 10.1. The molecule has 0 fully saturated rings. The minimum Gasteiger partial charge on any atom is -0.468 e. The number of nitrogens with one attached hydrogen (secondary N) is 1. The highest BCUT2D eigenvalue weighted by molar-refractivity contribution is 5.17. The van der Waals surface area contributed by atoms with Gasteiger partial charge in [-0.2, -0.15) is 0 Å². The molecule has 122 valence electrons. The molecule has 0 spiro atoms. The van der Waals surface area contributed by atoms with Crippen molar-refractivity contribution in [3.8, 4) is 0 Å². The first-order valence-electron chi connectivity index (χ1n) is 8.25. The lowest BCUT2D eigenvalue weighted by Gasteiger charge is -2.30. The van der Waals surface area contributed by atoms with Crippen molar-refractivity contribution in [2.75, 3.05) is 26.8 Å². The lowest BCUT2D eigenvalue weighted by molar-refractivity contribution is 0.109. The van der Waals surface area contributed by atoms with Gasteiger partial charge >= 0.3 is 0 Å². The standard InChI is InChI=1S/C17H32N2O2/c1-5-9-18-13-17-15(8-11-21-17)14-19(10-12-20-4)16(6-2)7-3/h8,11,16,18H,5-7,9-10,12-14H2,1-4H3. The zero-order valence-electron chi connectivity index (χ0n) is 14.2.